The Hall–Kier alpha value is -1.95. The van der Waals surface area contributed by atoms with Gasteiger partial charge in [0.25, 0.3) is 17.7 Å². The maximum Gasteiger partial charge on any atom is 0.345 e. The lowest BCUT2D eigenvalue weighted by atomic mass is 10.2. The molecule has 1 aromatic heterocycles. The summed E-state index contributed by atoms with van der Waals surface area (Å²) in [7, 11) is 0. The van der Waals surface area contributed by atoms with Gasteiger partial charge < -0.3 is 46.0 Å². The molecule has 15 nitrogen and oxygen atoms in total. The maximum absolute atomic E-state index is 12.4. The van der Waals surface area contributed by atoms with E-state index in [1.165, 1.54) is 0 Å². The van der Waals surface area contributed by atoms with Crippen LogP contribution >= 0.6 is 0 Å². The third kappa shape index (κ3) is 3.47. The van der Waals surface area contributed by atoms with Crippen LogP contribution in [0, 0.1) is 0 Å². The van der Waals surface area contributed by atoms with Gasteiger partial charge in [0, 0.05) is 0 Å². The minimum absolute atomic E-state index is 0.686. The highest BCUT2D eigenvalue weighted by Crippen LogP contribution is 2.14. The average molecular weight is 399 g/mol. The van der Waals surface area contributed by atoms with E-state index >= 15 is 0 Å². The molecule has 0 spiro atoms. The van der Waals surface area contributed by atoms with Crippen LogP contribution in [0.4, 0.5) is 0 Å². The number of aromatic nitrogens is 3. The van der Waals surface area contributed by atoms with E-state index in [2.05, 4.69) is 0 Å². The van der Waals surface area contributed by atoms with Crippen molar-refractivity contribution in [2.24, 2.45) is 0 Å². The van der Waals surface area contributed by atoms with Crippen molar-refractivity contribution in [1.82, 2.24) is 13.7 Å². The highest BCUT2D eigenvalue weighted by molar-refractivity contribution is 4.90. The van der Waals surface area contributed by atoms with Gasteiger partial charge in [0.1, 0.15) is 18.3 Å². The van der Waals surface area contributed by atoms with Crippen molar-refractivity contribution >= 4 is 0 Å². The lowest BCUT2D eigenvalue weighted by Crippen LogP contribution is -2.71. The fraction of sp³-hybridized carbons (Fsp3) is 0.750. The standard InChI is InChI=1S/C12H21N3O12/c1-4(16)10(22,23)13-7(19)14(11(24,25)5(2)17)9(21)15(8(13)20)12(26,27)6(3)18/h4-6,16-18,22-27H,1-3H3. The minimum Gasteiger partial charge on any atom is -0.386 e. The molecule has 156 valence electrons. The topological polar surface area (TPSA) is 248 Å². The Labute approximate surface area is 149 Å². The van der Waals surface area contributed by atoms with Crippen LogP contribution in [-0.4, -0.2) is 78.0 Å². The van der Waals surface area contributed by atoms with Crippen molar-refractivity contribution in [3.05, 3.63) is 31.5 Å². The molecule has 0 fully saturated rings. The van der Waals surface area contributed by atoms with Crippen molar-refractivity contribution in [1.29, 1.82) is 0 Å². The zero-order valence-electron chi connectivity index (χ0n) is 14.3. The van der Waals surface area contributed by atoms with E-state index in [1.54, 1.807) is 0 Å². The fourth-order valence-electron chi connectivity index (χ4n) is 1.95. The predicted molar refractivity (Wildman–Crippen MR) is 81.5 cm³/mol. The van der Waals surface area contributed by atoms with E-state index in [9.17, 15) is 60.3 Å². The van der Waals surface area contributed by atoms with Crippen LogP contribution in [0.2, 0.25) is 0 Å². The highest BCUT2D eigenvalue weighted by Gasteiger charge is 2.46. The van der Waals surface area contributed by atoms with Gasteiger partial charge in [-0.2, -0.15) is 13.7 Å². The summed E-state index contributed by atoms with van der Waals surface area (Å²) in [5.41, 5.74) is -6.46. The highest BCUT2D eigenvalue weighted by atomic mass is 16.6. The Bertz CT molecular complexity index is 729. The molecule has 1 rings (SSSR count). The molecule has 1 heterocycles. The molecule has 0 aliphatic carbocycles. The first-order valence-corrected chi connectivity index (χ1v) is 7.34. The van der Waals surface area contributed by atoms with E-state index in [4.69, 9.17) is 0 Å². The summed E-state index contributed by atoms with van der Waals surface area (Å²) in [6, 6.07) is 0. The fourth-order valence-corrected chi connectivity index (χ4v) is 1.95. The molecule has 0 aliphatic heterocycles. The normalized spacial score (nSPS) is 16.9. The van der Waals surface area contributed by atoms with E-state index in [-0.39, 0.29) is 0 Å². The summed E-state index contributed by atoms with van der Waals surface area (Å²) in [6.07, 6.45) is -6.92. The molecule has 15 heteroatoms. The summed E-state index contributed by atoms with van der Waals surface area (Å²) in [6.45, 7) is 2.06. The van der Waals surface area contributed by atoms with E-state index in [0.29, 0.717) is 20.8 Å². The van der Waals surface area contributed by atoms with Gasteiger partial charge in [0.2, 0.25) is 0 Å². The quantitative estimate of drug-likeness (QED) is 0.202. The zero-order valence-corrected chi connectivity index (χ0v) is 14.3. The summed E-state index contributed by atoms with van der Waals surface area (Å²) in [5, 5.41) is 87.4. The summed E-state index contributed by atoms with van der Waals surface area (Å²) < 4.78 is -2.15. The van der Waals surface area contributed by atoms with Crippen LogP contribution in [0.3, 0.4) is 0 Å². The molecular weight excluding hydrogens is 378 g/mol. The summed E-state index contributed by atoms with van der Waals surface area (Å²) >= 11 is 0. The largest absolute Gasteiger partial charge is 0.386 e. The molecule has 0 saturated carbocycles. The Morgan fingerprint density at radius 1 is 0.556 bits per heavy atom. The van der Waals surface area contributed by atoms with Gasteiger partial charge in [-0.15, -0.1) is 0 Å². The number of hydrogen-bond donors (Lipinski definition) is 9. The van der Waals surface area contributed by atoms with Crippen LogP contribution in [0.5, 0.6) is 0 Å². The molecule has 3 unspecified atom stereocenters. The molecule has 0 aromatic carbocycles. The monoisotopic (exact) mass is 399 g/mol. The number of nitrogens with zero attached hydrogens (tertiary/aromatic N) is 3. The average Bonchev–Trinajstić information content (AvgIpc) is 2.45. The Morgan fingerprint density at radius 2 is 0.704 bits per heavy atom. The zero-order chi connectivity index (χ0) is 21.7. The molecule has 27 heavy (non-hydrogen) atoms. The van der Waals surface area contributed by atoms with Crippen LogP contribution in [-0.2, 0) is 17.7 Å². The van der Waals surface area contributed by atoms with Crippen molar-refractivity contribution in [3.63, 3.8) is 0 Å². The smallest absolute Gasteiger partial charge is 0.345 e. The summed E-state index contributed by atoms with van der Waals surface area (Å²) in [4.78, 5) is 37.2. The van der Waals surface area contributed by atoms with Gasteiger partial charge in [-0.1, -0.05) is 0 Å². The van der Waals surface area contributed by atoms with Gasteiger partial charge in [0.15, 0.2) is 0 Å². The minimum atomic E-state index is -3.78. The lowest BCUT2D eigenvalue weighted by molar-refractivity contribution is -0.314. The number of hydrogen-bond acceptors (Lipinski definition) is 12. The van der Waals surface area contributed by atoms with Crippen LogP contribution < -0.4 is 17.1 Å². The Morgan fingerprint density at radius 3 is 0.815 bits per heavy atom. The molecule has 1 aromatic rings. The van der Waals surface area contributed by atoms with Crippen LogP contribution in [0.15, 0.2) is 14.4 Å². The third-order valence-corrected chi connectivity index (χ3v) is 3.82. The van der Waals surface area contributed by atoms with E-state index in [0.717, 1.165) is 0 Å². The lowest BCUT2D eigenvalue weighted by Gasteiger charge is -2.33. The first-order valence-electron chi connectivity index (χ1n) is 7.34. The van der Waals surface area contributed by atoms with E-state index in [1.807, 2.05) is 0 Å². The maximum atomic E-state index is 12.4. The van der Waals surface area contributed by atoms with Crippen LogP contribution in [0.1, 0.15) is 20.8 Å². The van der Waals surface area contributed by atoms with Crippen molar-refractivity contribution in [2.75, 3.05) is 0 Å². The second-order valence-electron chi connectivity index (χ2n) is 5.94. The molecule has 0 bridgehead atoms. The van der Waals surface area contributed by atoms with Crippen molar-refractivity contribution in [2.45, 2.75) is 56.8 Å². The SMILES string of the molecule is CC(O)C(O)(O)n1c(=O)n(C(O)(O)C(C)O)c(=O)n(C(O)(O)C(C)O)c1=O. The molecular formula is C12H21N3O12. The number of aliphatic hydroxyl groups excluding tert-OH is 3. The Kier molecular flexibility index (Phi) is 5.90. The van der Waals surface area contributed by atoms with Gasteiger partial charge in [0.05, 0.1) is 0 Å². The number of rotatable bonds is 6. The van der Waals surface area contributed by atoms with Gasteiger partial charge in [-0.3, -0.25) is 0 Å². The second-order valence-corrected chi connectivity index (χ2v) is 5.94. The Balaban J connectivity index is 4.33. The van der Waals surface area contributed by atoms with Crippen molar-refractivity contribution < 1.29 is 46.0 Å². The predicted octanol–water partition coefficient (Wildman–Crippen LogP) is -6.90. The van der Waals surface area contributed by atoms with Crippen molar-refractivity contribution in [3.8, 4) is 0 Å². The molecule has 0 saturated heterocycles. The number of aliphatic hydroxyl groups is 9. The third-order valence-electron chi connectivity index (χ3n) is 3.82. The molecule has 0 amide bonds. The van der Waals surface area contributed by atoms with Gasteiger partial charge in [-0.25, -0.2) is 14.4 Å². The van der Waals surface area contributed by atoms with Gasteiger partial charge >= 0.3 is 17.1 Å². The molecule has 0 radical (unpaired) electrons. The van der Waals surface area contributed by atoms with E-state index < -0.39 is 66.8 Å². The summed E-state index contributed by atoms with van der Waals surface area (Å²) in [5.74, 6) is -11.3. The van der Waals surface area contributed by atoms with Crippen LogP contribution in [0.25, 0.3) is 0 Å². The first-order chi connectivity index (χ1) is 11.9. The van der Waals surface area contributed by atoms with Gasteiger partial charge in [-0.05, 0) is 20.8 Å². The second kappa shape index (κ2) is 6.89. The molecule has 9 N–H and O–H groups in total. The first kappa shape index (κ1) is 23.1. The molecule has 0 aliphatic rings. The molecule has 3 atom stereocenters.